The fourth-order valence-electron chi connectivity index (χ4n) is 1.77. The molecule has 0 radical (unpaired) electrons. The zero-order valence-corrected chi connectivity index (χ0v) is 11.4. The van der Waals surface area contributed by atoms with Gasteiger partial charge < -0.3 is 5.11 Å². The third-order valence-corrected chi connectivity index (χ3v) is 3.92. The third-order valence-electron chi connectivity index (χ3n) is 2.72. The standard InChI is InChI=1S/C14H12FNO3S/c1-9(17)10-5-4-6-11(15)14(10)20-13-8-3-2-7-12(13)16(18)19/h2-9,17H,1H3. The second-order valence-corrected chi connectivity index (χ2v) is 5.21. The number of benzene rings is 2. The third kappa shape index (κ3) is 2.97. The number of halogens is 1. The molecule has 2 aromatic rings. The van der Waals surface area contributed by atoms with Gasteiger partial charge in [-0.05, 0) is 24.6 Å². The summed E-state index contributed by atoms with van der Waals surface area (Å²) in [5, 5.41) is 20.6. The van der Waals surface area contributed by atoms with Crippen LogP contribution in [-0.2, 0) is 0 Å². The topological polar surface area (TPSA) is 63.4 Å². The predicted molar refractivity (Wildman–Crippen MR) is 74.3 cm³/mol. The van der Waals surface area contributed by atoms with Gasteiger partial charge in [0.25, 0.3) is 5.69 Å². The quantitative estimate of drug-likeness (QED) is 0.685. The summed E-state index contributed by atoms with van der Waals surface area (Å²) in [7, 11) is 0. The van der Waals surface area contributed by atoms with Crippen LogP contribution in [0.4, 0.5) is 10.1 Å². The van der Waals surface area contributed by atoms with Crippen LogP contribution in [0.3, 0.4) is 0 Å². The fourth-order valence-corrected chi connectivity index (χ4v) is 2.90. The zero-order valence-electron chi connectivity index (χ0n) is 10.6. The van der Waals surface area contributed by atoms with E-state index in [0.717, 1.165) is 11.8 Å². The monoisotopic (exact) mass is 293 g/mol. The van der Waals surface area contributed by atoms with Gasteiger partial charge in [0.15, 0.2) is 0 Å². The van der Waals surface area contributed by atoms with Gasteiger partial charge in [0, 0.05) is 6.07 Å². The van der Waals surface area contributed by atoms with Gasteiger partial charge in [-0.3, -0.25) is 10.1 Å². The van der Waals surface area contributed by atoms with Crippen LogP contribution in [0, 0.1) is 15.9 Å². The van der Waals surface area contributed by atoms with E-state index in [-0.39, 0.29) is 10.6 Å². The van der Waals surface area contributed by atoms with E-state index in [1.54, 1.807) is 24.3 Å². The van der Waals surface area contributed by atoms with Crippen molar-refractivity contribution in [3.63, 3.8) is 0 Å². The lowest BCUT2D eigenvalue weighted by molar-refractivity contribution is -0.387. The number of hydrogen-bond donors (Lipinski definition) is 1. The minimum Gasteiger partial charge on any atom is -0.389 e. The highest BCUT2D eigenvalue weighted by molar-refractivity contribution is 7.99. The van der Waals surface area contributed by atoms with Gasteiger partial charge in [0.1, 0.15) is 5.82 Å². The molecule has 2 rings (SSSR count). The van der Waals surface area contributed by atoms with E-state index in [1.165, 1.54) is 25.1 Å². The molecule has 0 aliphatic carbocycles. The minimum atomic E-state index is -0.851. The van der Waals surface area contributed by atoms with Crippen LogP contribution in [-0.4, -0.2) is 10.0 Å². The Morgan fingerprint density at radius 3 is 2.60 bits per heavy atom. The molecule has 0 heterocycles. The van der Waals surface area contributed by atoms with Gasteiger partial charge in [0.2, 0.25) is 0 Å². The summed E-state index contributed by atoms with van der Waals surface area (Å²) >= 11 is 0.947. The average Bonchev–Trinajstić information content (AvgIpc) is 2.41. The van der Waals surface area contributed by atoms with Crippen LogP contribution < -0.4 is 0 Å². The van der Waals surface area contributed by atoms with E-state index in [2.05, 4.69) is 0 Å². The van der Waals surface area contributed by atoms with E-state index in [0.29, 0.717) is 10.5 Å². The molecule has 0 aromatic heterocycles. The van der Waals surface area contributed by atoms with Crippen molar-refractivity contribution in [2.75, 3.05) is 0 Å². The highest BCUT2D eigenvalue weighted by atomic mass is 32.2. The van der Waals surface area contributed by atoms with E-state index in [1.807, 2.05) is 0 Å². The van der Waals surface area contributed by atoms with E-state index in [9.17, 15) is 19.6 Å². The van der Waals surface area contributed by atoms with Crippen molar-refractivity contribution in [3.05, 3.63) is 64.0 Å². The van der Waals surface area contributed by atoms with Gasteiger partial charge >= 0.3 is 0 Å². The predicted octanol–water partition coefficient (Wildman–Crippen LogP) is 3.94. The van der Waals surface area contributed by atoms with Gasteiger partial charge in [-0.25, -0.2) is 4.39 Å². The van der Waals surface area contributed by atoms with Gasteiger partial charge in [0.05, 0.1) is 20.8 Å². The Morgan fingerprint density at radius 1 is 1.25 bits per heavy atom. The van der Waals surface area contributed by atoms with Crippen LogP contribution in [0.1, 0.15) is 18.6 Å². The number of nitro benzene ring substituents is 1. The summed E-state index contributed by atoms with van der Waals surface area (Å²) in [5.74, 6) is -0.508. The Labute approximate surface area is 119 Å². The smallest absolute Gasteiger partial charge is 0.283 e. The average molecular weight is 293 g/mol. The second kappa shape index (κ2) is 6.02. The molecule has 0 bridgehead atoms. The van der Waals surface area contributed by atoms with Crippen molar-refractivity contribution in [2.24, 2.45) is 0 Å². The summed E-state index contributed by atoms with van der Waals surface area (Å²) in [6.07, 6.45) is -0.851. The zero-order chi connectivity index (χ0) is 14.7. The molecule has 6 heteroatoms. The number of para-hydroxylation sites is 1. The Morgan fingerprint density at radius 2 is 1.95 bits per heavy atom. The van der Waals surface area contributed by atoms with Gasteiger partial charge in [-0.15, -0.1) is 0 Å². The Kier molecular flexibility index (Phi) is 4.36. The molecule has 2 aromatic carbocycles. The lowest BCUT2D eigenvalue weighted by atomic mass is 10.1. The van der Waals surface area contributed by atoms with E-state index in [4.69, 9.17) is 0 Å². The number of aliphatic hydroxyl groups is 1. The molecular formula is C14H12FNO3S. The summed E-state index contributed by atoms with van der Waals surface area (Å²) in [4.78, 5) is 11.0. The first kappa shape index (κ1) is 14.5. The maximum atomic E-state index is 13.9. The number of nitro groups is 1. The largest absolute Gasteiger partial charge is 0.389 e. The molecule has 0 fully saturated rings. The Balaban J connectivity index is 2.48. The number of rotatable bonds is 4. The lowest BCUT2D eigenvalue weighted by Crippen LogP contribution is -1.97. The van der Waals surface area contributed by atoms with E-state index >= 15 is 0 Å². The van der Waals surface area contributed by atoms with E-state index < -0.39 is 16.8 Å². The molecule has 0 spiro atoms. The molecule has 4 nitrogen and oxygen atoms in total. The van der Waals surface area contributed by atoms with Crippen molar-refractivity contribution in [3.8, 4) is 0 Å². The van der Waals surface area contributed by atoms with Crippen LogP contribution in [0.2, 0.25) is 0 Å². The van der Waals surface area contributed by atoms with Crippen LogP contribution in [0.5, 0.6) is 0 Å². The Bertz CT molecular complexity index is 646. The number of hydrogen-bond acceptors (Lipinski definition) is 4. The molecule has 1 unspecified atom stereocenters. The van der Waals surface area contributed by atoms with Crippen molar-refractivity contribution in [2.45, 2.75) is 22.8 Å². The Hall–Kier alpha value is -1.92. The first-order valence-corrected chi connectivity index (χ1v) is 6.70. The van der Waals surface area contributed by atoms with Gasteiger partial charge in [-0.1, -0.05) is 36.0 Å². The molecule has 0 aliphatic heterocycles. The molecule has 0 amide bonds. The SMILES string of the molecule is CC(O)c1cccc(F)c1Sc1ccccc1[N+](=O)[O-]. The maximum Gasteiger partial charge on any atom is 0.283 e. The van der Waals surface area contributed by atoms with Crippen molar-refractivity contribution >= 4 is 17.4 Å². The molecule has 0 aliphatic rings. The summed E-state index contributed by atoms with van der Waals surface area (Å²) in [5.41, 5.74) is 0.324. The number of nitrogens with zero attached hydrogens (tertiary/aromatic N) is 1. The summed E-state index contributed by atoms with van der Waals surface area (Å²) in [6.45, 7) is 1.53. The van der Waals surface area contributed by atoms with Crippen LogP contribution >= 0.6 is 11.8 Å². The van der Waals surface area contributed by atoms with Crippen LogP contribution in [0.15, 0.2) is 52.3 Å². The highest BCUT2D eigenvalue weighted by Gasteiger charge is 2.19. The van der Waals surface area contributed by atoms with Crippen LogP contribution in [0.25, 0.3) is 0 Å². The molecule has 20 heavy (non-hydrogen) atoms. The van der Waals surface area contributed by atoms with Crippen molar-refractivity contribution in [1.29, 1.82) is 0 Å². The molecule has 0 saturated carbocycles. The summed E-state index contributed by atoms with van der Waals surface area (Å²) < 4.78 is 13.9. The molecule has 1 N–H and O–H groups in total. The van der Waals surface area contributed by atoms with Crippen molar-refractivity contribution in [1.82, 2.24) is 0 Å². The van der Waals surface area contributed by atoms with Gasteiger partial charge in [-0.2, -0.15) is 0 Å². The minimum absolute atomic E-state index is 0.0858. The molecule has 1 atom stereocenters. The lowest BCUT2D eigenvalue weighted by Gasteiger charge is -2.12. The highest BCUT2D eigenvalue weighted by Crippen LogP contribution is 2.39. The molecule has 0 saturated heterocycles. The molecule has 104 valence electrons. The second-order valence-electron chi connectivity index (χ2n) is 4.16. The first-order chi connectivity index (χ1) is 9.50. The fraction of sp³-hybridized carbons (Fsp3) is 0.143. The normalized spacial score (nSPS) is 12.2. The van der Waals surface area contributed by atoms with Crippen molar-refractivity contribution < 1.29 is 14.4 Å². The summed E-state index contributed by atoms with van der Waals surface area (Å²) in [6, 6.07) is 10.5. The maximum absolute atomic E-state index is 13.9. The first-order valence-electron chi connectivity index (χ1n) is 5.88. The number of aliphatic hydroxyl groups excluding tert-OH is 1. The molecular weight excluding hydrogens is 281 g/mol.